The van der Waals surface area contributed by atoms with Crippen LogP contribution < -0.4 is 11.1 Å². The molecule has 2 rings (SSSR count). The second kappa shape index (κ2) is 5.63. The standard InChI is InChI=1S/C15H21N3O3/c1-15(2,3)21-14(20)18-8-12(9-18)17-13(19)10-4-6-11(16)7-5-10/h4-7,12H,8-9,16H2,1-3H3,(H,17,19). The normalized spacial score (nSPS) is 15.3. The number of nitrogens with zero attached hydrogens (tertiary/aromatic N) is 1. The summed E-state index contributed by atoms with van der Waals surface area (Å²) in [4.78, 5) is 25.3. The van der Waals surface area contributed by atoms with E-state index in [1.54, 1.807) is 29.2 Å². The molecule has 6 nitrogen and oxygen atoms in total. The Morgan fingerprint density at radius 2 is 1.81 bits per heavy atom. The molecule has 1 aromatic rings. The molecule has 0 bridgehead atoms. The molecule has 1 saturated heterocycles. The molecule has 0 aliphatic carbocycles. The second-order valence-corrected chi connectivity index (χ2v) is 6.18. The minimum absolute atomic E-state index is 0.0393. The molecular weight excluding hydrogens is 270 g/mol. The highest BCUT2D eigenvalue weighted by molar-refractivity contribution is 5.94. The highest BCUT2D eigenvalue weighted by Crippen LogP contribution is 2.15. The largest absolute Gasteiger partial charge is 0.444 e. The summed E-state index contributed by atoms with van der Waals surface area (Å²) in [6.07, 6.45) is -0.347. The summed E-state index contributed by atoms with van der Waals surface area (Å²) in [7, 11) is 0. The lowest BCUT2D eigenvalue weighted by Gasteiger charge is -2.39. The molecule has 0 atom stereocenters. The molecule has 1 fully saturated rings. The van der Waals surface area contributed by atoms with E-state index in [0.717, 1.165) is 0 Å². The van der Waals surface area contributed by atoms with E-state index in [2.05, 4.69) is 5.32 Å². The first-order chi connectivity index (χ1) is 9.74. The molecule has 0 spiro atoms. The lowest BCUT2D eigenvalue weighted by molar-refractivity contribution is 0.00533. The molecular formula is C15H21N3O3. The number of nitrogens with one attached hydrogen (secondary N) is 1. The van der Waals surface area contributed by atoms with Gasteiger partial charge < -0.3 is 20.7 Å². The van der Waals surface area contributed by atoms with Crippen molar-refractivity contribution in [3.8, 4) is 0 Å². The van der Waals surface area contributed by atoms with Crippen LogP contribution in [0.3, 0.4) is 0 Å². The third-order valence-corrected chi connectivity index (χ3v) is 3.04. The third-order valence-electron chi connectivity index (χ3n) is 3.04. The number of nitrogens with two attached hydrogens (primary N) is 1. The summed E-state index contributed by atoms with van der Waals surface area (Å²) < 4.78 is 5.25. The van der Waals surface area contributed by atoms with Gasteiger partial charge in [-0.05, 0) is 45.0 Å². The topological polar surface area (TPSA) is 84.7 Å². The van der Waals surface area contributed by atoms with Crippen LogP contribution in [0.25, 0.3) is 0 Å². The van der Waals surface area contributed by atoms with Crippen LogP contribution in [-0.4, -0.2) is 41.6 Å². The minimum atomic E-state index is -0.505. The maximum absolute atomic E-state index is 12.0. The van der Waals surface area contributed by atoms with Gasteiger partial charge in [0.2, 0.25) is 0 Å². The van der Waals surface area contributed by atoms with E-state index >= 15 is 0 Å². The zero-order valence-electron chi connectivity index (χ0n) is 12.6. The van der Waals surface area contributed by atoms with Gasteiger partial charge in [-0.1, -0.05) is 0 Å². The van der Waals surface area contributed by atoms with Gasteiger partial charge >= 0.3 is 6.09 Å². The van der Waals surface area contributed by atoms with Crippen LogP contribution in [0.5, 0.6) is 0 Å². The van der Waals surface area contributed by atoms with Gasteiger partial charge in [0.15, 0.2) is 0 Å². The summed E-state index contributed by atoms with van der Waals surface area (Å²) in [6.45, 7) is 6.41. The maximum Gasteiger partial charge on any atom is 0.410 e. The number of amides is 2. The number of ether oxygens (including phenoxy) is 1. The average molecular weight is 291 g/mol. The van der Waals surface area contributed by atoms with Crippen LogP contribution in [0.2, 0.25) is 0 Å². The van der Waals surface area contributed by atoms with Crippen molar-refractivity contribution in [3.63, 3.8) is 0 Å². The van der Waals surface area contributed by atoms with Gasteiger partial charge in [-0.2, -0.15) is 0 Å². The van der Waals surface area contributed by atoms with Crippen LogP contribution >= 0.6 is 0 Å². The number of anilines is 1. The molecule has 0 unspecified atom stereocenters. The number of hydrogen-bond acceptors (Lipinski definition) is 4. The Labute approximate surface area is 124 Å². The highest BCUT2D eigenvalue weighted by atomic mass is 16.6. The van der Waals surface area contributed by atoms with E-state index in [1.807, 2.05) is 20.8 Å². The zero-order chi connectivity index (χ0) is 15.6. The van der Waals surface area contributed by atoms with Crippen molar-refractivity contribution in [2.45, 2.75) is 32.4 Å². The second-order valence-electron chi connectivity index (χ2n) is 6.18. The summed E-state index contributed by atoms with van der Waals surface area (Å²) in [6, 6.07) is 6.68. The fourth-order valence-electron chi connectivity index (χ4n) is 1.95. The molecule has 114 valence electrons. The average Bonchev–Trinajstić information content (AvgIpc) is 2.31. The number of nitrogen functional groups attached to an aromatic ring is 1. The summed E-state index contributed by atoms with van der Waals surface area (Å²) in [5.41, 5.74) is 6.25. The molecule has 0 aromatic heterocycles. The molecule has 1 heterocycles. The molecule has 0 saturated carbocycles. The smallest absolute Gasteiger partial charge is 0.410 e. The van der Waals surface area contributed by atoms with Crippen LogP contribution in [0, 0.1) is 0 Å². The van der Waals surface area contributed by atoms with E-state index in [-0.39, 0.29) is 18.0 Å². The number of rotatable bonds is 2. The van der Waals surface area contributed by atoms with Gasteiger partial charge in [0, 0.05) is 24.3 Å². The van der Waals surface area contributed by atoms with E-state index in [9.17, 15) is 9.59 Å². The predicted molar refractivity (Wildman–Crippen MR) is 79.9 cm³/mol. The van der Waals surface area contributed by atoms with E-state index in [1.165, 1.54) is 0 Å². The fourth-order valence-corrected chi connectivity index (χ4v) is 1.95. The predicted octanol–water partition coefficient (Wildman–Crippen LogP) is 1.62. The monoisotopic (exact) mass is 291 g/mol. The Kier molecular flexibility index (Phi) is 4.06. The third kappa shape index (κ3) is 4.11. The summed E-state index contributed by atoms with van der Waals surface area (Å²) in [5.74, 6) is -0.163. The Bertz CT molecular complexity index is 528. The Balaban J connectivity index is 1.79. The van der Waals surface area contributed by atoms with E-state index < -0.39 is 5.60 Å². The molecule has 6 heteroatoms. The van der Waals surface area contributed by atoms with Crippen LogP contribution in [0.15, 0.2) is 24.3 Å². The SMILES string of the molecule is CC(C)(C)OC(=O)N1CC(NC(=O)c2ccc(N)cc2)C1. The van der Waals surface area contributed by atoms with Crippen molar-refractivity contribution < 1.29 is 14.3 Å². The maximum atomic E-state index is 12.0. The van der Waals surface area contributed by atoms with E-state index in [4.69, 9.17) is 10.5 Å². The minimum Gasteiger partial charge on any atom is -0.444 e. The zero-order valence-corrected chi connectivity index (χ0v) is 12.6. The molecule has 3 N–H and O–H groups in total. The number of hydrogen-bond donors (Lipinski definition) is 2. The highest BCUT2D eigenvalue weighted by Gasteiger charge is 2.34. The molecule has 2 amide bonds. The number of benzene rings is 1. The molecule has 0 radical (unpaired) electrons. The van der Waals surface area contributed by atoms with E-state index in [0.29, 0.717) is 24.3 Å². The van der Waals surface area contributed by atoms with Gasteiger partial charge in [0.1, 0.15) is 5.60 Å². The molecule has 21 heavy (non-hydrogen) atoms. The van der Waals surface area contributed by atoms with Crippen LogP contribution in [0.1, 0.15) is 31.1 Å². The van der Waals surface area contributed by atoms with Crippen molar-refractivity contribution >= 4 is 17.7 Å². The first-order valence-corrected chi connectivity index (χ1v) is 6.89. The van der Waals surface area contributed by atoms with Crippen molar-refractivity contribution in [2.75, 3.05) is 18.8 Å². The Hall–Kier alpha value is -2.24. The van der Waals surface area contributed by atoms with Crippen molar-refractivity contribution in [3.05, 3.63) is 29.8 Å². The number of likely N-dealkylation sites (tertiary alicyclic amines) is 1. The molecule has 1 aromatic carbocycles. The van der Waals surface area contributed by atoms with Gasteiger partial charge in [0.25, 0.3) is 5.91 Å². The van der Waals surface area contributed by atoms with Gasteiger partial charge in [-0.15, -0.1) is 0 Å². The summed E-state index contributed by atoms with van der Waals surface area (Å²) >= 11 is 0. The lowest BCUT2D eigenvalue weighted by atomic mass is 10.1. The first-order valence-electron chi connectivity index (χ1n) is 6.89. The van der Waals surface area contributed by atoms with Crippen molar-refractivity contribution in [1.82, 2.24) is 10.2 Å². The number of carbonyl (C=O) groups is 2. The van der Waals surface area contributed by atoms with Crippen molar-refractivity contribution in [1.29, 1.82) is 0 Å². The van der Waals surface area contributed by atoms with Crippen LogP contribution in [0.4, 0.5) is 10.5 Å². The lowest BCUT2D eigenvalue weighted by Crippen LogP contribution is -2.61. The molecule has 1 aliphatic rings. The van der Waals surface area contributed by atoms with Gasteiger partial charge in [-0.25, -0.2) is 4.79 Å². The van der Waals surface area contributed by atoms with Crippen molar-refractivity contribution in [2.24, 2.45) is 0 Å². The molecule has 1 aliphatic heterocycles. The Morgan fingerprint density at radius 3 is 2.33 bits per heavy atom. The summed E-state index contributed by atoms with van der Waals surface area (Å²) in [5, 5.41) is 2.87. The van der Waals surface area contributed by atoms with Gasteiger partial charge in [-0.3, -0.25) is 4.79 Å². The number of carbonyl (C=O) groups excluding carboxylic acids is 2. The quantitative estimate of drug-likeness (QED) is 0.811. The fraction of sp³-hybridized carbons (Fsp3) is 0.467. The Morgan fingerprint density at radius 1 is 1.24 bits per heavy atom. The first kappa shape index (κ1) is 15.2. The van der Waals surface area contributed by atoms with Crippen LogP contribution in [-0.2, 0) is 4.74 Å². The van der Waals surface area contributed by atoms with Gasteiger partial charge in [0.05, 0.1) is 6.04 Å².